The topological polar surface area (TPSA) is 29.9 Å². The molecule has 0 aliphatic heterocycles. The molecule has 0 fully saturated rings. The molecule has 1 atom stereocenters. The zero-order chi connectivity index (χ0) is 13.0. The molecule has 0 aliphatic carbocycles. The minimum Gasteiger partial charge on any atom is -0.306 e. The Morgan fingerprint density at radius 1 is 1.56 bits per heavy atom. The molecular weight excluding hydrogens is 229 g/mol. The van der Waals surface area contributed by atoms with E-state index in [1.54, 1.807) is 29.2 Å². The van der Waals surface area contributed by atoms with Gasteiger partial charge in [-0.05, 0) is 24.6 Å². The number of nitrogens with zero attached hydrogens (tertiary/aromatic N) is 2. The molecule has 0 radical (unpaired) electrons. The van der Waals surface area contributed by atoms with Crippen LogP contribution in [0.2, 0.25) is 0 Å². The second-order valence-electron chi connectivity index (χ2n) is 4.17. The van der Waals surface area contributed by atoms with E-state index in [0.717, 1.165) is 11.1 Å². The Morgan fingerprint density at radius 3 is 3.06 bits per heavy atom. The monoisotopic (exact) mass is 245 g/mol. The molecule has 2 rings (SSSR count). The van der Waals surface area contributed by atoms with Crippen LogP contribution in [0.1, 0.15) is 24.1 Å². The summed E-state index contributed by atoms with van der Waals surface area (Å²) in [6.45, 7) is 6.33. The number of nitrogens with one attached hydrogen (secondary N) is 1. The third kappa shape index (κ3) is 3.05. The maximum absolute atomic E-state index is 13.1. The van der Waals surface area contributed by atoms with E-state index < -0.39 is 0 Å². The minimum atomic E-state index is -0.208. The molecule has 18 heavy (non-hydrogen) atoms. The molecule has 0 spiro atoms. The van der Waals surface area contributed by atoms with Crippen LogP contribution in [0.5, 0.6) is 0 Å². The molecule has 0 saturated heterocycles. The summed E-state index contributed by atoms with van der Waals surface area (Å²) in [7, 11) is 0. The Kier molecular flexibility index (Phi) is 3.89. The largest absolute Gasteiger partial charge is 0.306 e. The fourth-order valence-electron chi connectivity index (χ4n) is 1.73. The van der Waals surface area contributed by atoms with Gasteiger partial charge in [-0.2, -0.15) is 5.10 Å². The Labute approximate surface area is 106 Å². The lowest BCUT2D eigenvalue weighted by molar-refractivity contribution is 0.565. The van der Waals surface area contributed by atoms with Crippen molar-refractivity contribution in [3.05, 3.63) is 60.2 Å². The third-order valence-corrected chi connectivity index (χ3v) is 2.80. The van der Waals surface area contributed by atoms with Gasteiger partial charge in [0.05, 0.1) is 6.20 Å². The molecule has 1 heterocycles. The van der Waals surface area contributed by atoms with Gasteiger partial charge in [0.15, 0.2) is 0 Å². The van der Waals surface area contributed by atoms with Crippen molar-refractivity contribution in [2.24, 2.45) is 0 Å². The van der Waals surface area contributed by atoms with Crippen molar-refractivity contribution in [2.45, 2.75) is 19.5 Å². The molecule has 0 saturated carbocycles. The summed E-state index contributed by atoms with van der Waals surface area (Å²) in [5, 5.41) is 7.42. The van der Waals surface area contributed by atoms with Gasteiger partial charge in [0.2, 0.25) is 0 Å². The summed E-state index contributed by atoms with van der Waals surface area (Å²) in [6, 6.07) is 6.72. The van der Waals surface area contributed by atoms with Crippen LogP contribution in [-0.2, 0) is 6.54 Å². The van der Waals surface area contributed by atoms with Gasteiger partial charge in [-0.15, -0.1) is 0 Å². The molecular formula is C14H16FN3. The summed E-state index contributed by atoms with van der Waals surface area (Å²) in [5.74, 6) is -0.208. The molecule has 0 bridgehead atoms. The van der Waals surface area contributed by atoms with Crippen molar-refractivity contribution < 1.29 is 4.39 Å². The van der Waals surface area contributed by atoms with Crippen molar-refractivity contribution in [1.29, 1.82) is 0 Å². The summed E-state index contributed by atoms with van der Waals surface area (Å²) in [6.07, 6.45) is 5.32. The molecule has 1 N–H and O–H groups in total. The second kappa shape index (κ2) is 5.60. The quantitative estimate of drug-likeness (QED) is 0.877. The maximum atomic E-state index is 13.1. The molecule has 2 aromatic rings. The normalized spacial score (nSPS) is 12.3. The van der Waals surface area contributed by atoms with Gasteiger partial charge >= 0.3 is 0 Å². The molecule has 1 aromatic heterocycles. The number of hydrogen-bond acceptors (Lipinski definition) is 2. The predicted molar refractivity (Wildman–Crippen MR) is 70.3 cm³/mol. The highest BCUT2D eigenvalue weighted by atomic mass is 19.1. The first kappa shape index (κ1) is 12.5. The zero-order valence-electron chi connectivity index (χ0n) is 10.3. The predicted octanol–water partition coefficient (Wildman–Crippen LogP) is 2.97. The molecule has 4 heteroatoms. The van der Waals surface area contributed by atoms with Crippen LogP contribution >= 0.6 is 0 Å². The van der Waals surface area contributed by atoms with E-state index in [2.05, 4.69) is 17.0 Å². The molecule has 0 amide bonds. The number of hydrogen-bond donors (Lipinski definition) is 1. The van der Waals surface area contributed by atoms with E-state index in [-0.39, 0.29) is 11.9 Å². The lowest BCUT2D eigenvalue weighted by atomic mass is 10.1. The van der Waals surface area contributed by atoms with Crippen LogP contribution in [0.15, 0.2) is 43.2 Å². The fourth-order valence-corrected chi connectivity index (χ4v) is 1.73. The first-order valence-electron chi connectivity index (χ1n) is 5.83. The molecule has 0 aliphatic rings. The van der Waals surface area contributed by atoms with Gasteiger partial charge in [-0.3, -0.25) is 0 Å². The average Bonchev–Trinajstić information content (AvgIpc) is 2.84. The highest BCUT2D eigenvalue weighted by Gasteiger charge is 2.06. The van der Waals surface area contributed by atoms with Gasteiger partial charge in [-0.25, -0.2) is 9.07 Å². The maximum Gasteiger partial charge on any atom is 0.123 e. The minimum absolute atomic E-state index is 0.0905. The van der Waals surface area contributed by atoms with E-state index >= 15 is 0 Å². The summed E-state index contributed by atoms with van der Waals surface area (Å²) < 4.78 is 14.7. The Hall–Kier alpha value is -1.94. The van der Waals surface area contributed by atoms with Gasteiger partial charge in [0.1, 0.15) is 5.82 Å². The van der Waals surface area contributed by atoms with Crippen LogP contribution in [-0.4, -0.2) is 9.78 Å². The van der Waals surface area contributed by atoms with Gasteiger partial charge in [0, 0.05) is 30.5 Å². The fraction of sp³-hybridized carbons (Fsp3) is 0.214. The molecule has 0 unspecified atom stereocenters. The van der Waals surface area contributed by atoms with Gasteiger partial charge in [0.25, 0.3) is 0 Å². The van der Waals surface area contributed by atoms with E-state index in [0.29, 0.717) is 6.54 Å². The van der Waals surface area contributed by atoms with Gasteiger partial charge < -0.3 is 5.32 Å². The summed E-state index contributed by atoms with van der Waals surface area (Å²) in [4.78, 5) is 0. The van der Waals surface area contributed by atoms with Crippen molar-refractivity contribution in [3.63, 3.8) is 0 Å². The third-order valence-electron chi connectivity index (χ3n) is 2.80. The van der Waals surface area contributed by atoms with Gasteiger partial charge in [-0.1, -0.05) is 18.7 Å². The number of halogens is 1. The zero-order valence-corrected chi connectivity index (χ0v) is 10.3. The molecule has 1 aromatic carbocycles. The Balaban J connectivity index is 1.95. The smallest absolute Gasteiger partial charge is 0.123 e. The van der Waals surface area contributed by atoms with E-state index in [9.17, 15) is 4.39 Å². The summed E-state index contributed by atoms with van der Waals surface area (Å²) in [5.41, 5.74) is 2.00. The Morgan fingerprint density at radius 2 is 2.39 bits per heavy atom. The first-order valence-corrected chi connectivity index (χ1v) is 5.83. The number of benzene rings is 1. The lowest BCUT2D eigenvalue weighted by Gasteiger charge is -2.13. The molecule has 94 valence electrons. The van der Waals surface area contributed by atoms with E-state index in [1.165, 1.54) is 6.07 Å². The van der Waals surface area contributed by atoms with Crippen LogP contribution < -0.4 is 5.32 Å². The van der Waals surface area contributed by atoms with Crippen molar-refractivity contribution in [3.8, 4) is 0 Å². The standard InChI is InChI=1S/C14H16FN3/c1-3-18-10-12(9-17-18)8-16-11(2)13-5-4-6-14(15)7-13/h3-7,9-11,16H,1,8H2,2H3/t11-/m0/s1. The van der Waals surface area contributed by atoms with Crippen LogP contribution in [0.25, 0.3) is 6.20 Å². The molecule has 3 nitrogen and oxygen atoms in total. The van der Waals surface area contributed by atoms with Crippen molar-refractivity contribution in [1.82, 2.24) is 15.1 Å². The first-order chi connectivity index (χ1) is 8.69. The SMILES string of the molecule is C=Cn1cc(CN[C@@H](C)c2cccc(F)c2)cn1. The average molecular weight is 245 g/mol. The lowest BCUT2D eigenvalue weighted by Crippen LogP contribution is -2.17. The number of aromatic nitrogens is 2. The Bertz CT molecular complexity index is 533. The van der Waals surface area contributed by atoms with Crippen LogP contribution in [0.3, 0.4) is 0 Å². The van der Waals surface area contributed by atoms with E-state index in [4.69, 9.17) is 0 Å². The van der Waals surface area contributed by atoms with E-state index in [1.807, 2.05) is 19.2 Å². The van der Waals surface area contributed by atoms with Crippen molar-refractivity contribution >= 4 is 6.20 Å². The van der Waals surface area contributed by atoms with Crippen molar-refractivity contribution in [2.75, 3.05) is 0 Å². The number of rotatable bonds is 5. The van der Waals surface area contributed by atoms with Crippen LogP contribution in [0, 0.1) is 5.82 Å². The highest BCUT2D eigenvalue weighted by Crippen LogP contribution is 2.14. The summed E-state index contributed by atoms with van der Waals surface area (Å²) >= 11 is 0. The highest BCUT2D eigenvalue weighted by molar-refractivity contribution is 5.20. The van der Waals surface area contributed by atoms with Crippen LogP contribution in [0.4, 0.5) is 4.39 Å². The second-order valence-corrected chi connectivity index (χ2v) is 4.17.